The molecule has 0 aliphatic heterocycles. The zero-order valence-electron chi connectivity index (χ0n) is 13.9. The molecule has 1 heterocycles. The molecule has 2 aromatic carbocycles. The molecule has 0 atom stereocenters. The van der Waals surface area contributed by atoms with Crippen LogP contribution in [-0.4, -0.2) is 30.1 Å². The van der Waals surface area contributed by atoms with Gasteiger partial charge in [0, 0.05) is 30.2 Å². The van der Waals surface area contributed by atoms with E-state index in [0.717, 1.165) is 25.9 Å². The Balaban J connectivity index is 0.00000192. The van der Waals surface area contributed by atoms with Gasteiger partial charge >= 0.3 is 0 Å². The molecule has 0 spiro atoms. The number of nitrogens with zero attached hydrogens (tertiary/aromatic N) is 2. The quantitative estimate of drug-likeness (QED) is 0.650. The molecule has 0 saturated heterocycles. The highest BCUT2D eigenvalue weighted by atomic mass is 35.5. The minimum atomic E-state index is 0. The summed E-state index contributed by atoms with van der Waals surface area (Å²) in [5, 5.41) is 1.40. The number of likely N-dealkylation sites (N-methyl/N-ethyl adjacent to an activating group) is 1. The molecular weight excluding hydrogens is 304 g/mol. The lowest BCUT2D eigenvalue weighted by Gasteiger charge is -2.08. The predicted molar refractivity (Wildman–Crippen MR) is 102 cm³/mol. The van der Waals surface area contributed by atoms with Crippen molar-refractivity contribution in [2.45, 2.75) is 19.4 Å². The zero-order valence-corrected chi connectivity index (χ0v) is 14.7. The molecule has 1 aromatic heterocycles. The number of aryl methyl sites for hydroxylation is 2. The first-order valence-electron chi connectivity index (χ1n) is 7.99. The van der Waals surface area contributed by atoms with Gasteiger partial charge in [-0.05, 0) is 44.1 Å². The Morgan fingerprint density at radius 3 is 2.30 bits per heavy atom. The van der Waals surface area contributed by atoms with Crippen LogP contribution < -0.4 is 0 Å². The third-order valence-electron chi connectivity index (χ3n) is 4.18. The van der Waals surface area contributed by atoms with Crippen LogP contribution in [0.1, 0.15) is 11.1 Å². The van der Waals surface area contributed by atoms with E-state index in [9.17, 15) is 0 Å². The van der Waals surface area contributed by atoms with Crippen LogP contribution in [-0.2, 0) is 19.4 Å². The maximum Gasteiger partial charge on any atom is 0.0483 e. The topological polar surface area (TPSA) is 8.17 Å². The van der Waals surface area contributed by atoms with Crippen molar-refractivity contribution in [1.82, 2.24) is 9.47 Å². The predicted octanol–water partition coefficient (Wildman–Crippen LogP) is 4.41. The molecule has 0 saturated carbocycles. The standard InChI is InChI=1S/C20H24N2.ClH/c1-21(2)14-13-18-16-22(20-11-7-6-10-19(18)20)15-12-17-8-4-3-5-9-17;/h3-11,16H,12-15H2,1-2H3;1H. The number of hydrogen-bond donors (Lipinski definition) is 0. The van der Waals surface area contributed by atoms with Crippen molar-refractivity contribution >= 4 is 23.3 Å². The molecule has 2 nitrogen and oxygen atoms in total. The fourth-order valence-electron chi connectivity index (χ4n) is 2.95. The molecule has 0 radical (unpaired) electrons. The molecule has 0 fully saturated rings. The Kier molecular flexibility index (Phi) is 6.26. The smallest absolute Gasteiger partial charge is 0.0483 e. The van der Waals surface area contributed by atoms with Crippen molar-refractivity contribution in [3.05, 3.63) is 71.9 Å². The second-order valence-electron chi connectivity index (χ2n) is 6.15. The van der Waals surface area contributed by atoms with Gasteiger partial charge in [0.05, 0.1) is 0 Å². The maximum atomic E-state index is 2.41. The van der Waals surface area contributed by atoms with Gasteiger partial charge in [0.2, 0.25) is 0 Å². The minimum absolute atomic E-state index is 0. The summed E-state index contributed by atoms with van der Waals surface area (Å²) >= 11 is 0. The highest BCUT2D eigenvalue weighted by Crippen LogP contribution is 2.22. The Hall–Kier alpha value is -1.77. The molecule has 0 aliphatic rings. The molecule has 0 unspecified atom stereocenters. The van der Waals surface area contributed by atoms with E-state index >= 15 is 0 Å². The summed E-state index contributed by atoms with van der Waals surface area (Å²) in [6, 6.07) is 19.5. The largest absolute Gasteiger partial charge is 0.347 e. The lowest BCUT2D eigenvalue weighted by atomic mass is 10.1. The Morgan fingerprint density at radius 2 is 1.57 bits per heavy atom. The van der Waals surface area contributed by atoms with Gasteiger partial charge in [-0.3, -0.25) is 0 Å². The second-order valence-corrected chi connectivity index (χ2v) is 6.15. The van der Waals surface area contributed by atoms with Gasteiger partial charge in [0.1, 0.15) is 0 Å². The van der Waals surface area contributed by atoms with E-state index in [4.69, 9.17) is 0 Å². The summed E-state index contributed by atoms with van der Waals surface area (Å²) in [6.07, 6.45) is 4.52. The van der Waals surface area contributed by atoms with E-state index in [1.54, 1.807) is 0 Å². The maximum absolute atomic E-state index is 2.41. The second kappa shape index (κ2) is 8.19. The van der Waals surface area contributed by atoms with Crippen molar-refractivity contribution in [2.75, 3.05) is 20.6 Å². The first-order valence-corrected chi connectivity index (χ1v) is 7.99. The Bertz CT molecular complexity index is 732. The van der Waals surface area contributed by atoms with Crippen LogP contribution in [0.3, 0.4) is 0 Å². The first-order chi connectivity index (χ1) is 10.7. The van der Waals surface area contributed by atoms with E-state index < -0.39 is 0 Å². The molecule has 3 heteroatoms. The molecule has 23 heavy (non-hydrogen) atoms. The molecular formula is C20H25ClN2. The van der Waals surface area contributed by atoms with Gasteiger partial charge < -0.3 is 9.47 Å². The number of hydrogen-bond acceptors (Lipinski definition) is 1. The van der Waals surface area contributed by atoms with Gasteiger partial charge in [-0.15, -0.1) is 12.4 Å². The van der Waals surface area contributed by atoms with Crippen LogP contribution in [0.5, 0.6) is 0 Å². The number of fused-ring (bicyclic) bond motifs is 1. The summed E-state index contributed by atoms with van der Waals surface area (Å²) in [4.78, 5) is 2.25. The van der Waals surface area contributed by atoms with E-state index in [0.29, 0.717) is 0 Å². The van der Waals surface area contributed by atoms with Crippen LogP contribution in [0, 0.1) is 0 Å². The highest BCUT2D eigenvalue weighted by Gasteiger charge is 2.08. The van der Waals surface area contributed by atoms with E-state index in [2.05, 4.69) is 84.4 Å². The third kappa shape index (κ3) is 4.37. The lowest BCUT2D eigenvalue weighted by Crippen LogP contribution is -2.14. The molecule has 0 bridgehead atoms. The van der Waals surface area contributed by atoms with Crippen LogP contribution >= 0.6 is 12.4 Å². The number of halogens is 1. The van der Waals surface area contributed by atoms with Gasteiger partial charge in [0.25, 0.3) is 0 Å². The van der Waals surface area contributed by atoms with E-state index in [1.165, 1.54) is 22.0 Å². The average Bonchev–Trinajstić information content (AvgIpc) is 2.90. The molecule has 0 aliphatic carbocycles. The van der Waals surface area contributed by atoms with Gasteiger partial charge in [-0.1, -0.05) is 48.5 Å². The van der Waals surface area contributed by atoms with E-state index in [-0.39, 0.29) is 12.4 Å². The van der Waals surface area contributed by atoms with Crippen LogP contribution in [0.2, 0.25) is 0 Å². The van der Waals surface area contributed by atoms with Crippen LogP contribution in [0.4, 0.5) is 0 Å². The summed E-state index contributed by atoms with van der Waals surface area (Å²) in [5.74, 6) is 0. The highest BCUT2D eigenvalue weighted by molar-refractivity contribution is 5.85. The van der Waals surface area contributed by atoms with Gasteiger partial charge in [0.15, 0.2) is 0 Å². The van der Waals surface area contributed by atoms with Gasteiger partial charge in [-0.2, -0.15) is 0 Å². The normalized spacial score (nSPS) is 10.9. The van der Waals surface area contributed by atoms with Crippen molar-refractivity contribution in [3.8, 4) is 0 Å². The molecule has 122 valence electrons. The lowest BCUT2D eigenvalue weighted by molar-refractivity contribution is 0.414. The monoisotopic (exact) mass is 328 g/mol. The van der Waals surface area contributed by atoms with Crippen molar-refractivity contribution in [3.63, 3.8) is 0 Å². The van der Waals surface area contributed by atoms with Gasteiger partial charge in [-0.25, -0.2) is 0 Å². The summed E-state index contributed by atoms with van der Waals surface area (Å²) in [5.41, 5.74) is 4.21. The number of benzene rings is 2. The minimum Gasteiger partial charge on any atom is -0.347 e. The fourth-order valence-corrected chi connectivity index (χ4v) is 2.95. The SMILES string of the molecule is CN(C)CCc1cn(CCc2ccccc2)c2ccccc12.Cl. The number of para-hydroxylation sites is 1. The molecule has 0 amide bonds. The molecule has 3 aromatic rings. The summed E-state index contributed by atoms with van der Waals surface area (Å²) in [6.45, 7) is 2.12. The average molecular weight is 329 g/mol. The molecule has 3 rings (SSSR count). The number of rotatable bonds is 6. The van der Waals surface area contributed by atoms with Crippen molar-refractivity contribution < 1.29 is 0 Å². The summed E-state index contributed by atoms with van der Waals surface area (Å²) in [7, 11) is 4.27. The third-order valence-corrected chi connectivity index (χ3v) is 4.18. The number of aromatic nitrogens is 1. The Labute approximate surface area is 145 Å². The van der Waals surface area contributed by atoms with Crippen molar-refractivity contribution in [2.24, 2.45) is 0 Å². The first kappa shape index (κ1) is 17.6. The van der Waals surface area contributed by atoms with Crippen LogP contribution in [0.25, 0.3) is 10.9 Å². The van der Waals surface area contributed by atoms with Crippen molar-refractivity contribution in [1.29, 1.82) is 0 Å². The van der Waals surface area contributed by atoms with E-state index in [1.807, 2.05) is 0 Å². The zero-order chi connectivity index (χ0) is 15.4. The fraction of sp³-hybridized carbons (Fsp3) is 0.300. The van der Waals surface area contributed by atoms with Crippen LogP contribution in [0.15, 0.2) is 60.8 Å². The molecule has 0 N–H and O–H groups in total. The summed E-state index contributed by atoms with van der Waals surface area (Å²) < 4.78 is 2.41. The Morgan fingerprint density at radius 1 is 0.870 bits per heavy atom.